The lowest BCUT2D eigenvalue weighted by molar-refractivity contribution is 0.0752. The zero-order valence-electron chi connectivity index (χ0n) is 10.4. The number of aliphatic hydroxyl groups excluding tert-OH is 1. The average Bonchev–Trinajstić information content (AvgIpc) is 2.95. The molecule has 0 bridgehead atoms. The second-order valence-electron chi connectivity index (χ2n) is 5.37. The van der Waals surface area contributed by atoms with E-state index in [1.165, 1.54) is 6.20 Å². The molecule has 0 radical (unpaired) electrons. The monoisotopic (exact) mass is 281 g/mol. The van der Waals surface area contributed by atoms with Crippen LogP contribution in [0.5, 0.6) is 0 Å². The number of aliphatic hydroxyl groups is 1. The van der Waals surface area contributed by atoms with Crippen molar-refractivity contribution in [2.75, 3.05) is 18.8 Å². The summed E-state index contributed by atoms with van der Waals surface area (Å²) >= 11 is 5.89. The Balaban J connectivity index is 1.76. The van der Waals surface area contributed by atoms with Crippen LogP contribution >= 0.6 is 11.6 Å². The molecule has 1 amide bonds. The third kappa shape index (κ3) is 2.17. The van der Waals surface area contributed by atoms with Gasteiger partial charge in [-0.15, -0.1) is 0 Å². The maximum atomic E-state index is 12.4. The van der Waals surface area contributed by atoms with E-state index in [9.17, 15) is 9.90 Å². The molecule has 3 unspecified atom stereocenters. The van der Waals surface area contributed by atoms with Crippen molar-refractivity contribution < 1.29 is 9.90 Å². The van der Waals surface area contributed by atoms with Gasteiger partial charge in [0.1, 0.15) is 5.82 Å². The molecule has 2 fully saturated rings. The second-order valence-corrected chi connectivity index (χ2v) is 5.78. The molecule has 1 aliphatic carbocycles. The van der Waals surface area contributed by atoms with Crippen molar-refractivity contribution in [3.05, 3.63) is 22.8 Å². The number of nitrogens with zero attached hydrogens (tertiary/aromatic N) is 2. The maximum absolute atomic E-state index is 12.4. The van der Waals surface area contributed by atoms with Crippen LogP contribution in [0.2, 0.25) is 5.02 Å². The molecular weight excluding hydrogens is 266 g/mol. The molecule has 3 rings (SSSR count). The summed E-state index contributed by atoms with van der Waals surface area (Å²) in [6, 6.07) is 1.55. The summed E-state index contributed by atoms with van der Waals surface area (Å²) in [7, 11) is 0. The Morgan fingerprint density at radius 3 is 2.95 bits per heavy atom. The van der Waals surface area contributed by atoms with Crippen LogP contribution in [0.3, 0.4) is 0 Å². The van der Waals surface area contributed by atoms with E-state index >= 15 is 0 Å². The standard InChI is InChI=1S/C13H16ClN3O2/c14-10-3-8(4-16-12(10)15)13(19)17-5-7-1-2-11(18)9(7)6-17/h3-4,7,9,11,18H,1-2,5-6H2,(H2,15,16). The van der Waals surface area contributed by atoms with Gasteiger partial charge in [0.15, 0.2) is 0 Å². The molecule has 102 valence electrons. The highest BCUT2D eigenvalue weighted by atomic mass is 35.5. The Hall–Kier alpha value is -1.33. The van der Waals surface area contributed by atoms with E-state index in [2.05, 4.69) is 4.98 Å². The van der Waals surface area contributed by atoms with Gasteiger partial charge in [0.2, 0.25) is 0 Å². The number of nitrogen functional groups attached to an aromatic ring is 1. The van der Waals surface area contributed by atoms with Crippen LogP contribution in [0, 0.1) is 11.8 Å². The smallest absolute Gasteiger partial charge is 0.255 e. The predicted octanol–water partition coefficient (Wildman–Crippen LogP) is 1.16. The number of amides is 1. The summed E-state index contributed by atoms with van der Waals surface area (Å²) in [5.74, 6) is 0.792. The fourth-order valence-corrected chi connectivity index (χ4v) is 3.32. The molecule has 1 saturated carbocycles. The van der Waals surface area contributed by atoms with Crippen LogP contribution < -0.4 is 5.73 Å². The number of rotatable bonds is 1. The number of hydrogen-bond acceptors (Lipinski definition) is 4. The van der Waals surface area contributed by atoms with Gasteiger partial charge in [-0.25, -0.2) is 4.98 Å². The van der Waals surface area contributed by atoms with Crippen LogP contribution in [0.25, 0.3) is 0 Å². The minimum Gasteiger partial charge on any atom is -0.393 e. The summed E-state index contributed by atoms with van der Waals surface area (Å²) in [6.07, 6.45) is 3.03. The average molecular weight is 282 g/mol. The van der Waals surface area contributed by atoms with Gasteiger partial charge >= 0.3 is 0 Å². The molecule has 19 heavy (non-hydrogen) atoms. The van der Waals surface area contributed by atoms with Crippen molar-refractivity contribution in [2.24, 2.45) is 11.8 Å². The van der Waals surface area contributed by atoms with Crippen LogP contribution in [0.15, 0.2) is 12.3 Å². The van der Waals surface area contributed by atoms with Gasteiger partial charge in [-0.2, -0.15) is 0 Å². The topological polar surface area (TPSA) is 79.5 Å². The molecule has 0 aromatic carbocycles. The molecular formula is C13H16ClN3O2. The van der Waals surface area contributed by atoms with E-state index in [0.29, 0.717) is 29.6 Å². The van der Waals surface area contributed by atoms with Gasteiger partial charge in [-0.1, -0.05) is 11.6 Å². The first-order chi connectivity index (χ1) is 9.06. The molecule has 2 aliphatic rings. The fraction of sp³-hybridized carbons (Fsp3) is 0.538. The number of anilines is 1. The Morgan fingerprint density at radius 1 is 1.47 bits per heavy atom. The first-order valence-corrected chi connectivity index (χ1v) is 6.82. The third-order valence-electron chi connectivity index (χ3n) is 4.22. The third-order valence-corrected chi connectivity index (χ3v) is 4.53. The first-order valence-electron chi connectivity index (χ1n) is 6.44. The number of fused-ring (bicyclic) bond motifs is 1. The highest BCUT2D eigenvalue weighted by Crippen LogP contribution is 2.38. The lowest BCUT2D eigenvalue weighted by Crippen LogP contribution is -2.31. The van der Waals surface area contributed by atoms with Gasteiger partial charge in [-0.05, 0) is 24.8 Å². The molecule has 0 spiro atoms. The highest BCUT2D eigenvalue weighted by molar-refractivity contribution is 6.33. The van der Waals surface area contributed by atoms with E-state index in [1.807, 2.05) is 0 Å². The van der Waals surface area contributed by atoms with Gasteiger partial charge in [0.25, 0.3) is 5.91 Å². The Bertz CT molecular complexity index is 523. The molecule has 2 heterocycles. The lowest BCUT2D eigenvalue weighted by Gasteiger charge is -2.18. The van der Waals surface area contributed by atoms with Crippen LogP contribution in [-0.4, -0.2) is 40.1 Å². The van der Waals surface area contributed by atoms with Crippen LogP contribution in [0.1, 0.15) is 23.2 Å². The number of halogens is 1. The largest absolute Gasteiger partial charge is 0.393 e. The molecule has 6 heteroatoms. The number of likely N-dealkylation sites (tertiary alicyclic amines) is 1. The SMILES string of the molecule is Nc1ncc(C(=O)N2CC3CCC(O)C3C2)cc1Cl. The van der Waals surface area contributed by atoms with E-state index in [1.54, 1.807) is 11.0 Å². The van der Waals surface area contributed by atoms with Crippen molar-refractivity contribution in [2.45, 2.75) is 18.9 Å². The molecule has 1 saturated heterocycles. The van der Waals surface area contributed by atoms with Gasteiger partial charge in [0, 0.05) is 25.2 Å². The zero-order chi connectivity index (χ0) is 13.6. The number of pyridine rings is 1. The number of aromatic nitrogens is 1. The quantitative estimate of drug-likeness (QED) is 0.810. The van der Waals surface area contributed by atoms with Crippen molar-refractivity contribution >= 4 is 23.3 Å². The zero-order valence-corrected chi connectivity index (χ0v) is 11.2. The highest BCUT2D eigenvalue weighted by Gasteiger charge is 2.43. The van der Waals surface area contributed by atoms with Crippen molar-refractivity contribution in [1.82, 2.24) is 9.88 Å². The van der Waals surface area contributed by atoms with Crippen molar-refractivity contribution in [3.8, 4) is 0 Å². The Morgan fingerprint density at radius 2 is 2.26 bits per heavy atom. The summed E-state index contributed by atoms with van der Waals surface area (Å²) in [5, 5.41) is 10.2. The normalized spacial score (nSPS) is 29.6. The molecule has 1 aliphatic heterocycles. The second kappa shape index (κ2) is 4.65. The molecule has 1 aromatic heterocycles. The van der Waals surface area contributed by atoms with Crippen LogP contribution in [-0.2, 0) is 0 Å². The summed E-state index contributed by atoms with van der Waals surface area (Å²) in [4.78, 5) is 18.0. The summed E-state index contributed by atoms with van der Waals surface area (Å²) < 4.78 is 0. The van der Waals surface area contributed by atoms with Gasteiger partial charge in [0.05, 0.1) is 16.7 Å². The number of nitrogens with two attached hydrogens (primary N) is 1. The van der Waals surface area contributed by atoms with Gasteiger partial charge < -0.3 is 15.7 Å². The molecule has 1 aromatic rings. The minimum atomic E-state index is -0.268. The fourth-order valence-electron chi connectivity index (χ4n) is 3.15. The summed E-state index contributed by atoms with van der Waals surface area (Å²) in [5.41, 5.74) is 5.99. The minimum absolute atomic E-state index is 0.0870. The first kappa shape index (κ1) is 12.7. The maximum Gasteiger partial charge on any atom is 0.255 e. The molecule has 5 nitrogen and oxygen atoms in total. The molecule has 3 atom stereocenters. The molecule has 3 N–H and O–H groups in total. The summed E-state index contributed by atoms with van der Waals surface area (Å²) in [6.45, 7) is 1.33. The van der Waals surface area contributed by atoms with Gasteiger partial charge in [-0.3, -0.25) is 4.79 Å². The predicted molar refractivity (Wildman–Crippen MR) is 71.8 cm³/mol. The number of hydrogen-bond donors (Lipinski definition) is 2. The van der Waals surface area contributed by atoms with Crippen molar-refractivity contribution in [1.29, 1.82) is 0 Å². The Kier molecular flexibility index (Phi) is 3.11. The van der Waals surface area contributed by atoms with E-state index in [0.717, 1.165) is 12.8 Å². The van der Waals surface area contributed by atoms with E-state index in [4.69, 9.17) is 17.3 Å². The lowest BCUT2D eigenvalue weighted by atomic mass is 10.00. The Labute approximate surface area is 116 Å². The number of carbonyl (C=O) groups excluding carboxylic acids is 1. The number of carbonyl (C=O) groups is 1. The van der Waals surface area contributed by atoms with E-state index in [-0.39, 0.29) is 23.7 Å². The van der Waals surface area contributed by atoms with Crippen molar-refractivity contribution in [3.63, 3.8) is 0 Å². The van der Waals surface area contributed by atoms with Crippen LogP contribution in [0.4, 0.5) is 5.82 Å². The van der Waals surface area contributed by atoms with E-state index < -0.39 is 0 Å².